The number of morpholine rings is 1. The van der Waals surface area contributed by atoms with Crippen molar-refractivity contribution in [3.8, 4) is 11.5 Å². The molecular formula is C13H13N3O3. The van der Waals surface area contributed by atoms with Crippen LogP contribution in [0.1, 0.15) is 10.7 Å². The minimum absolute atomic E-state index is 0.0285. The standard InChI is InChI=1S/C13H13N3O3/c17-13(16-6-8-18-9-7-16)12-15-14-11(19-12)10-4-2-1-3-5-10/h1-5H,6-9H2. The number of carbonyl (C=O) groups is 1. The van der Waals surface area contributed by atoms with E-state index < -0.39 is 0 Å². The van der Waals surface area contributed by atoms with E-state index in [1.54, 1.807) is 4.90 Å². The van der Waals surface area contributed by atoms with Gasteiger partial charge in [-0.15, -0.1) is 10.2 Å². The van der Waals surface area contributed by atoms with E-state index in [9.17, 15) is 4.79 Å². The largest absolute Gasteiger partial charge is 0.412 e. The van der Waals surface area contributed by atoms with E-state index in [0.29, 0.717) is 32.2 Å². The predicted octanol–water partition coefficient (Wildman–Crippen LogP) is 1.21. The smallest absolute Gasteiger partial charge is 0.311 e. The number of ether oxygens (including phenoxy) is 1. The van der Waals surface area contributed by atoms with E-state index in [0.717, 1.165) is 5.56 Å². The molecule has 2 heterocycles. The Morgan fingerprint density at radius 3 is 2.58 bits per heavy atom. The van der Waals surface area contributed by atoms with E-state index in [1.807, 2.05) is 30.3 Å². The van der Waals surface area contributed by atoms with Crippen molar-refractivity contribution in [2.75, 3.05) is 26.3 Å². The normalized spacial score (nSPS) is 15.5. The Labute approximate surface area is 110 Å². The number of amides is 1. The lowest BCUT2D eigenvalue weighted by molar-refractivity contribution is 0.0278. The van der Waals surface area contributed by atoms with Crippen molar-refractivity contribution in [3.63, 3.8) is 0 Å². The molecule has 0 unspecified atom stereocenters. The second-order valence-electron chi connectivity index (χ2n) is 4.18. The Balaban J connectivity index is 1.79. The summed E-state index contributed by atoms with van der Waals surface area (Å²) in [5, 5.41) is 7.73. The van der Waals surface area contributed by atoms with Crippen LogP contribution in [0.15, 0.2) is 34.7 Å². The maximum absolute atomic E-state index is 12.1. The molecule has 19 heavy (non-hydrogen) atoms. The summed E-state index contributed by atoms with van der Waals surface area (Å²) in [5.74, 6) is 0.149. The molecule has 6 nitrogen and oxygen atoms in total. The van der Waals surface area contributed by atoms with Crippen LogP contribution in [-0.4, -0.2) is 47.3 Å². The van der Waals surface area contributed by atoms with Crippen molar-refractivity contribution >= 4 is 5.91 Å². The molecule has 1 aliphatic heterocycles. The third kappa shape index (κ3) is 2.48. The van der Waals surface area contributed by atoms with Gasteiger partial charge in [0.25, 0.3) is 0 Å². The average Bonchev–Trinajstić information content (AvgIpc) is 2.98. The van der Waals surface area contributed by atoms with Gasteiger partial charge >= 0.3 is 11.8 Å². The molecule has 6 heteroatoms. The molecule has 3 rings (SSSR count). The molecule has 1 aliphatic rings. The number of benzene rings is 1. The first-order chi connectivity index (χ1) is 9.34. The Hall–Kier alpha value is -2.21. The van der Waals surface area contributed by atoms with Gasteiger partial charge in [0.05, 0.1) is 13.2 Å². The molecule has 0 saturated carbocycles. The van der Waals surface area contributed by atoms with Crippen molar-refractivity contribution in [3.05, 3.63) is 36.2 Å². The minimum Gasteiger partial charge on any atom is -0.412 e. The number of nitrogens with zero attached hydrogens (tertiary/aromatic N) is 3. The number of carbonyl (C=O) groups excluding carboxylic acids is 1. The van der Waals surface area contributed by atoms with Crippen LogP contribution in [0, 0.1) is 0 Å². The molecule has 2 aromatic rings. The van der Waals surface area contributed by atoms with Gasteiger partial charge in [0.1, 0.15) is 0 Å². The van der Waals surface area contributed by atoms with Crippen LogP contribution < -0.4 is 0 Å². The molecule has 1 fully saturated rings. The summed E-state index contributed by atoms with van der Waals surface area (Å²) in [7, 11) is 0. The van der Waals surface area contributed by atoms with Gasteiger partial charge in [-0.25, -0.2) is 0 Å². The third-order valence-corrected chi connectivity index (χ3v) is 2.93. The number of aromatic nitrogens is 2. The quantitative estimate of drug-likeness (QED) is 0.810. The molecule has 0 atom stereocenters. The van der Waals surface area contributed by atoms with E-state index in [4.69, 9.17) is 9.15 Å². The lowest BCUT2D eigenvalue weighted by atomic mass is 10.2. The summed E-state index contributed by atoms with van der Waals surface area (Å²) < 4.78 is 10.6. The molecule has 0 spiro atoms. The highest BCUT2D eigenvalue weighted by Crippen LogP contribution is 2.17. The van der Waals surface area contributed by atoms with Gasteiger partial charge in [-0.05, 0) is 12.1 Å². The molecule has 1 aromatic heterocycles. The van der Waals surface area contributed by atoms with Crippen LogP contribution in [-0.2, 0) is 4.74 Å². The first-order valence-corrected chi connectivity index (χ1v) is 6.10. The second-order valence-corrected chi connectivity index (χ2v) is 4.18. The SMILES string of the molecule is O=C(c1nnc(-c2ccccc2)o1)N1CCOCC1. The van der Waals surface area contributed by atoms with Gasteiger partial charge < -0.3 is 14.1 Å². The molecule has 1 saturated heterocycles. The van der Waals surface area contributed by atoms with E-state index in [-0.39, 0.29) is 11.8 Å². The molecule has 1 aromatic carbocycles. The zero-order valence-corrected chi connectivity index (χ0v) is 10.3. The Kier molecular flexibility index (Phi) is 3.24. The molecular weight excluding hydrogens is 246 g/mol. The summed E-state index contributed by atoms with van der Waals surface area (Å²) in [4.78, 5) is 13.8. The highest BCUT2D eigenvalue weighted by molar-refractivity contribution is 5.89. The molecule has 0 radical (unpaired) electrons. The van der Waals surface area contributed by atoms with Gasteiger partial charge in [-0.3, -0.25) is 4.79 Å². The van der Waals surface area contributed by atoms with Crippen LogP contribution in [0.3, 0.4) is 0 Å². The minimum atomic E-state index is -0.238. The van der Waals surface area contributed by atoms with Crippen LogP contribution in [0.2, 0.25) is 0 Å². The predicted molar refractivity (Wildman–Crippen MR) is 66.5 cm³/mol. The fraction of sp³-hybridized carbons (Fsp3) is 0.308. The summed E-state index contributed by atoms with van der Waals surface area (Å²) in [6, 6.07) is 9.37. The van der Waals surface area contributed by atoms with Gasteiger partial charge in [-0.2, -0.15) is 0 Å². The van der Waals surface area contributed by atoms with E-state index in [1.165, 1.54) is 0 Å². The third-order valence-electron chi connectivity index (χ3n) is 2.93. The summed E-state index contributed by atoms with van der Waals surface area (Å²) in [6.45, 7) is 2.21. The summed E-state index contributed by atoms with van der Waals surface area (Å²) in [5.41, 5.74) is 0.802. The highest BCUT2D eigenvalue weighted by Gasteiger charge is 2.23. The fourth-order valence-corrected chi connectivity index (χ4v) is 1.91. The maximum atomic E-state index is 12.1. The maximum Gasteiger partial charge on any atom is 0.311 e. The number of hydrogen-bond acceptors (Lipinski definition) is 5. The average molecular weight is 259 g/mol. The van der Waals surface area contributed by atoms with Gasteiger partial charge in [0, 0.05) is 18.7 Å². The van der Waals surface area contributed by atoms with Crippen molar-refractivity contribution in [1.29, 1.82) is 0 Å². The van der Waals surface area contributed by atoms with Gasteiger partial charge in [0.15, 0.2) is 0 Å². The number of hydrogen-bond donors (Lipinski definition) is 0. The lowest BCUT2D eigenvalue weighted by Gasteiger charge is -2.25. The van der Waals surface area contributed by atoms with Crippen molar-refractivity contribution < 1.29 is 13.9 Å². The fourth-order valence-electron chi connectivity index (χ4n) is 1.91. The molecule has 1 amide bonds. The van der Waals surface area contributed by atoms with Gasteiger partial charge in [-0.1, -0.05) is 18.2 Å². The van der Waals surface area contributed by atoms with Crippen molar-refractivity contribution in [1.82, 2.24) is 15.1 Å². The summed E-state index contributed by atoms with van der Waals surface area (Å²) >= 11 is 0. The first kappa shape index (κ1) is 11.9. The number of rotatable bonds is 2. The highest BCUT2D eigenvalue weighted by atomic mass is 16.5. The Morgan fingerprint density at radius 2 is 1.84 bits per heavy atom. The summed E-state index contributed by atoms with van der Waals surface area (Å²) in [6.07, 6.45) is 0. The molecule has 0 aliphatic carbocycles. The Bertz CT molecular complexity index is 562. The van der Waals surface area contributed by atoms with Gasteiger partial charge in [0.2, 0.25) is 5.89 Å². The van der Waals surface area contributed by atoms with Crippen LogP contribution in [0.25, 0.3) is 11.5 Å². The zero-order valence-electron chi connectivity index (χ0n) is 10.3. The van der Waals surface area contributed by atoms with E-state index in [2.05, 4.69) is 10.2 Å². The first-order valence-electron chi connectivity index (χ1n) is 6.10. The van der Waals surface area contributed by atoms with Crippen molar-refractivity contribution in [2.24, 2.45) is 0 Å². The molecule has 98 valence electrons. The molecule has 0 N–H and O–H groups in total. The van der Waals surface area contributed by atoms with Crippen LogP contribution >= 0.6 is 0 Å². The lowest BCUT2D eigenvalue weighted by Crippen LogP contribution is -2.40. The second kappa shape index (κ2) is 5.19. The van der Waals surface area contributed by atoms with Crippen LogP contribution in [0.4, 0.5) is 0 Å². The van der Waals surface area contributed by atoms with E-state index >= 15 is 0 Å². The van der Waals surface area contributed by atoms with Crippen LogP contribution in [0.5, 0.6) is 0 Å². The monoisotopic (exact) mass is 259 g/mol. The zero-order chi connectivity index (χ0) is 13.1. The Morgan fingerprint density at radius 1 is 1.11 bits per heavy atom. The van der Waals surface area contributed by atoms with Crippen molar-refractivity contribution in [2.45, 2.75) is 0 Å². The topological polar surface area (TPSA) is 68.5 Å². The molecule has 0 bridgehead atoms.